The highest BCUT2D eigenvalue weighted by atomic mass is 32.1. The Balaban J connectivity index is 2.44. The lowest BCUT2D eigenvalue weighted by Crippen LogP contribution is -2.22. The van der Waals surface area contributed by atoms with Crippen LogP contribution in [0.4, 0.5) is 5.00 Å². The van der Waals surface area contributed by atoms with Crippen molar-refractivity contribution >= 4 is 22.6 Å². The van der Waals surface area contributed by atoms with Crippen LogP contribution in [0.1, 0.15) is 21.7 Å². The van der Waals surface area contributed by atoms with Gasteiger partial charge in [-0.05, 0) is 31.5 Å². The zero-order valence-electron chi connectivity index (χ0n) is 11.2. The predicted molar refractivity (Wildman–Crippen MR) is 78.9 cm³/mol. The molecule has 0 aliphatic rings. The van der Waals surface area contributed by atoms with Crippen LogP contribution in [0, 0.1) is 35.3 Å². The van der Waals surface area contributed by atoms with Crippen LogP contribution in [0.25, 0.3) is 0 Å². The molecule has 0 saturated carbocycles. The Morgan fingerprint density at radius 2 is 2.19 bits per heavy atom. The van der Waals surface area contributed by atoms with Crippen molar-refractivity contribution in [3.63, 3.8) is 0 Å². The van der Waals surface area contributed by atoms with Gasteiger partial charge in [0.15, 0.2) is 0 Å². The SMILES string of the molecule is Cc1cc(C)n(N=Cc2ccc([N+](=O)[O-])s2)c(=O)c1C#N. The summed E-state index contributed by atoms with van der Waals surface area (Å²) in [6.07, 6.45) is 1.36. The van der Waals surface area contributed by atoms with Crippen molar-refractivity contribution in [2.24, 2.45) is 5.10 Å². The molecule has 0 aliphatic carbocycles. The van der Waals surface area contributed by atoms with Gasteiger partial charge in [-0.3, -0.25) is 14.9 Å². The van der Waals surface area contributed by atoms with Crippen molar-refractivity contribution in [3.05, 3.63) is 60.4 Å². The first-order chi connectivity index (χ1) is 9.93. The van der Waals surface area contributed by atoms with Gasteiger partial charge in [0, 0.05) is 11.8 Å². The molecule has 0 atom stereocenters. The summed E-state index contributed by atoms with van der Waals surface area (Å²) in [5, 5.41) is 23.6. The third-order valence-corrected chi connectivity index (χ3v) is 3.74. The topological polar surface area (TPSA) is 101 Å². The highest BCUT2D eigenvalue weighted by Gasteiger charge is 2.10. The molecule has 2 aromatic heterocycles. The van der Waals surface area contributed by atoms with Gasteiger partial charge < -0.3 is 0 Å². The van der Waals surface area contributed by atoms with E-state index in [1.165, 1.54) is 12.3 Å². The minimum absolute atomic E-state index is 0.00198. The molecule has 0 fully saturated rings. The van der Waals surface area contributed by atoms with Crippen LogP contribution >= 0.6 is 11.3 Å². The van der Waals surface area contributed by atoms with Gasteiger partial charge in [0.1, 0.15) is 11.6 Å². The van der Waals surface area contributed by atoms with Crippen LogP contribution in [-0.2, 0) is 0 Å². The highest BCUT2D eigenvalue weighted by Crippen LogP contribution is 2.22. The predicted octanol–water partition coefficient (Wildman–Crippen LogP) is 2.19. The maximum atomic E-state index is 12.1. The van der Waals surface area contributed by atoms with Crippen molar-refractivity contribution in [2.45, 2.75) is 13.8 Å². The summed E-state index contributed by atoms with van der Waals surface area (Å²) in [4.78, 5) is 22.8. The smallest absolute Gasteiger partial charge is 0.266 e. The number of rotatable bonds is 3. The summed E-state index contributed by atoms with van der Waals surface area (Å²) >= 11 is 0.956. The largest absolute Gasteiger partial charge is 0.324 e. The third-order valence-electron chi connectivity index (χ3n) is 2.76. The summed E-state index contributed by atoms with van der Waals surface area (Å²) in [7, 11) is 0. The Hall–Kier alpha value is -2.79. The van der Waals surface area contributed by atoms with Crippen molar-refractivity contribution in [1.29, 1.82) is 5.26 Å². The van der Waals surface area contributed by atoms with Crippen LogP contribution in [0.5, 0.6) is 0 Å². The quantitative estimate of drug-likeness (QED) is 0.492. The Kier molecular flexibility index (Phi) is 3.95. The fourth-order valence-corrected chi connectivity index (χ4v) is 2.47. The number of hydrogen-bond donors (Lipinski definition) is 0. The number of nitrogens with zero attached hydrogens (tertiary/aromatic N) is 4. The van der Waals surface area contributed by atoms with E-state index in [1.807, 2.05) is 6.07 Å². The van der Waals surface area contributed by atoms with E-state index in [-0.39, 0.29) is 10.6 Å². The summed E-state index contributed by atoms with van der Waals surface area (Å²) in [5.41, 5.74) is 0.712. The van der Waals surface area contributed by atoms with E-state index in [1.54, 1.807) is 26.0 Å². The third kappa shape index (κ3) is 2.88. The van der Waals surface area contributed by atoms with E-state index in [2.05, 4.69) is 5.10 Å². The van der Waals surface area contributed by atoms with Gasteiger partial charge in [0.25, 0.3) is 5.56 Å². The molecule has 8 heteroatoms. The van der Waals surface area contributed by atoms with Crippen LogP contribution < -0.4 is 5.56 Å². The number of nitriles is 1. The molecular weight excluding hydrogens is 292 g/mol. The lowest BCUT2D eigenvalue weighted by molar-refractivity contribution is -0.380. The fraction of sp³-hybridized carbons (Fsp3) is 0.154. The molecule has 0 unspecified atom stereocenters. The second kappa shape index (κ2) is 5.68. The summed E-state index contributed by atoms with van der Waals surface area (Å²) < 4.78 is 1.11. The maximum Gasteiger partial charge on any atom is 0.324 e. The maximum absolute atomic E-state index is 12.1. The van der Waals surface area contributed by atoms with E-state index in [0.29, 0.717) is 16.1 Å². The Morgan fingerprint density at radius 3 is 2.76 bits per heavy atom. The molecule has 0 aliphatic heterocycles. The average molecular weight is 302 g/mol. The van der Waals surface area contributed by atoms with Crippen LogP contribution in [0.3, 0.4) is 0 Å². The first kappa shape index (κ1) is 14.6. The number of nitro groups is 1. The number of aryl methyl sites for hydroxylation is 2. The molecular formula is C13H10N4O3S. The van der Waals surface area contributed by atoms with Crippen LogP contribution in [0.2, 0.25) is 0 Å². The van der Waals surface area contributed by atoms with Crippen molar-refractivity contribution in [3.8, 4) is 6.07 Å². The first-order valence-electron chi connectivity index (χ1n) is 5.86. The molecule has 2 aromatic rings. The van der Waals surface area contributed by atoms with E-state index >= 15 is 0 Å². The first-order valence-corrected chi connectivity index (χ1v) is 6.67. The van der Waals surface area contributed by atoms with Gasteiger partial charge in [0.2, 0.25) is 0 Å². The normalized spacial score (nSPS) is 10.7. The van der Waals surface area contributed by atoms with Gasteiger partial charge in [-0.15, -0.1) is 0 Å². The molecule has 0 saturated heterocycles. The second-order valence-corrected chi connectivity index (χ2v) is 5.34. The van der Waals surface area contributed by atoms with E-state index in [4.69, 9.17) is 5.26 Å². The molecule has 0 radical (unpaired) electrons. The Morgan fingerprint density at radius 1 is 1.48 bits per heavy atom. The van der Waals surface area contributed by atoms with Crippen molar-refractivity contribution in [1.82, 2.24) is 4.68 Å². The van der Waals surface area contributed by atoms with E-state index in [9.17, 15) is 14.9 Å². The average Bonchev–Trinajstić information content (AvgIpc) is 2.87. The zero-order chi connectivity index (χ0) is 15.6. The van der Waals surface area contributed by atoms with E-state index < -0.39 is 10.5 Å². The van der Waals surface area contributed by atoms with Crippen molar-refractivity contribution in [2.75, 3.05) is 0 Å². The van der Waals surface area contributed by atoms with Crippen molar-refractivity contribution < 1.29 is 4.92 Å². The minimum atomic E-state index is -0.502. The molecule has 0 amide bonds. The molecule has 106 valence electrons. The zero-order valence-corrected chi connectivity index (χ0v) is 12.0. The monoisotopic (exact) mass is 302 g/mol. The summed E-state index contributed by atoms with van der Waals surface area (Å²) in [6.45, 7) is 3.38. The van der Waals surface area contributed by atoms with E-state index in [0.717, 1.165) is 16.0 Å². The highest BCUT2D eigenvalue weighted by molar-refractivity contribution is 7.16. The number of thiophene rings is 1. The second-order valence-electron chi connectivity index (χ2n) is 4.25. The molecule has 7 nitrogen and oxygen atoms in total. The molecule has 2 heterocycles. The standard InChI is InChI=1S/C13H10N4O3S/c1-8-5-9(2)16(13(18)11(8)6-14)15-7-10-3-4-12(21-10)17(19)20/h3-5,7H,1-2H3. The minimum Gasteiger partial charge on any atom is -0.266 e. The van der Waals surface area contributed by atoms with Gasteiger partial charge >= 0.3 is 5.00 Å². The molecule has 0 aromatic carbocycles. The molecule has 0 N–H and O–H groups in total. The number of aromatic nitrogens is 1. The number of hydrogen-bond acceptors (Lipinski definition) is 6. The summed E-state index contributed by atoms with van der Waals surface area (Å²) in [6, 6.07) is 6.46. The van der Waals surface area contributed by atoms with Crippen LogP contribution in [0.15, 0.2) is 28.1 Å². The molecule has 2 rings (SSSR count). The molecule has 0 bridgehead atoms. The van der Waals surface area contributed by atoms with Gasteiger partial charge in [0.05, 0.1) is 16.0 Å². The lowest BCUT2D eigenvalue weighted by Gasteiger charge is -2.05. The van der Waals surface area contributed by atoms with Gasteiger partial charge in [-0.1, -0.05) is 11.3 Å². The number of pyridine rings is 1. The molecule has 0 spiro atoms. The fourth-order valence-electron chi connectivity index (χ4n) is 1.79. The summed E-state index contributed by atoms with van der Waals surface area (Å²) in [5.74, 6) is 0. The molecule has 21 heavy (non-hydrogen) atoms. The lowest BCUT2D eigenvalue weighted by atomic mass is 10.1. The van der Waals surface area contributed by atoms with Crippen LogP contribution in [-0.4, -0.2) is 15.8 Å². The Bertz CT molecular complexity index is 842. The van der Waals surface area contributed by atoms with Gasteiger partial charge in [-0.25, -0.2) is 4.68 Å². The van der Waals surface area contributed by atoms with Gasteiger partial charge in [-0.2, -0.15) is 10.4 Å². The Labute approximate surface area is 123 Å².